The first kappa shape index (κ1) is 13.6. The summed E-state index contributed by atoms with van der Waals surface area (Å²) in [5, 5.41) is 0.798. The van der Waals surface area contributed by atoms with Crippen molar-refractivity contribution in [1.82, 2.24) is 9.97 Å². The molecule has 3 rings (SSSR count). The van der Waals surface area contributed by atoms with Crippen LogP contribution in [0.1, 0.15) is 12.8 Å². The molecule has 1 aromatic rings. The zero-order valence-corrected chi connectivity index (χ0v) is 13.2. The Morgan fingerprint density at radius 1 is 1.32 bits per heavy atom. The smallest absolute Gasteiger partial charge is 0.189 e. The van der Waals surface area contributed by atoms with Gasteiger partial charge in [0.05, 0.1) is 17.7 Å². The minimum absolute atomic E-state index is 0.335. The van der Waals surface area contributed by atoms with Gasteiger partial charge in [-0.25, -0.2) is 9.97 Å². The van der Waals surface area contributed by atoms with Gasteiger partial charge in [0.15, 0.2) is 10.9 Å². The maximum atomic E-state index is 5.74. The third-order valence-electron chi connectivity index (χ3n) is 3.52. The molecule has 104 valence electrons. The molecule has 0 N–H and O–H groups in total. The molecule has 1 aromatic heterocycles. The zero-order chi connectivity index (χ0) is 13.3. The van der Waals surface area contributed by atoms with Crippen molar-refractivity contribution in [2.75, 3.05) is 37.5 Å². The molecule has 0 radical (unpaired) electrons. The van der Waals surface area contributed by atoms with Crippen molar-refractivity contribution in [2.45, 2.75) is 23.8 Å². The van der Waals surface area contributed by atoms with E-state index in [1.165, 1.54) is 0 Å². The molecule has 2 fully saturated rings. The molecular formula is C12H16BrN3O2S. The highest BCUT2D eigenvalue weighted by atomic mass is 79.9. The summed E-state index contributed by atoms with van der Waals surface area (Å²) in [6.07, 6.45) is 5.58. The summed E-state index contributed by atoms with van der Waals surface area (Å²) in [4.78, 5) is 11.1. The standard InChI is InChI=1S/C12H16BrN3O2S/c1-19-11-14-8-9(13)10(15-11)16-4-2-12(3-5-16)17-6-7-18-12/h8H,2-7H2,1H3. The Bertz CT molecular complexity index is 458. The lowest BCUT2D eigenvalue weighted by Gasteiger charge is -2.38. The van der Waals surface area contributed by atoms with Crippen molar-refractivity contribution in [3.8, 4) is 0 Å². The van der Waals surface area contributed by atoms with E-state index in [1.807, 2.05) is 12.5 Å². The molecule has 0 atom stereocenters. The first-order valence-corrected chi connectivity index (χ1v) is 8.34. The number of ether oxygens (including phenoxy) is 2. The van der Waals surface area contributed by atoms with Crippen molar-refractivity contribution in [2.24, 2.45) is 0 Å². The number of anilines is 1. The van der Waals surface area contributed by atoms with Crippen molar-refractivity contribution in [3.63, 3.8) is 0 Å². The van der Waals surface area contributed by atoms with E-state index in [2.05, 4.69) is 30.8 Å². The Kier molecular flexibility index (Phi) is 3.98. The quantitative estimate of drug-likeness (QED) is 0.605. The van der Waals surface area contributed by atoms with E-state index in [0.717, 1.165) is 41.4 Å². The molecular weight excluding hydrogens is 330 g/mol. The average molecular weight is 346 g/mol. The summed E-state index contributed by atoms with van der Waals surface area (Å²) in [5.74, 6) is 0.630. The second-order valence-electron chi connectivity index (χ2n) is 4.62. The van der Waals surface area contributed by atoms with Gasteiger partial charge in [0.2, 0.25) is 0 Å². The number of piperidine rings is 1. The highest BCUT2D eigenvalue weighted by Crippen LogP contribution is 2.34. The van der Waals surface area contributed by atoms with E-state index in [0.29, 0.717) is 13.2 Å². The van der Waals surface area contributed by atoms with Crippen molar-refractivity contribution >= 4 is 33.5 Å². The molecule has 2 saturated heterocycles. The van der Waals surface area contributed by atoms with Crippen molar-refractivity contribution in [1.29, 1.82) is 0 Å². The first-order valence-electron chi connectivity index (χ1n) is 6.32. The molecule has 5 nitrogen and oxygen atoms in total. The third kappa shape index (κ3) is 2.74. The molecule has 0 aliphatic carbocycles. The Labute approximate surface area is 125 Å². The summed E-state index contributed by atoms with van der Waals surface area (Å²) in [6, 6.07) is 0. The summed E-state index contributed by atoms with van der Waals surface area (Å²) >= 11 is 5.09. The molecule has 0 unspecified atom stereocenters. The largest absolute Gasteiger partial charge is 0.355 e. The van der Waals surface area contributed by atoms with Crippen LogP contribution in [0.5, 0.6) is 0 Å². The van der Waals surface area contributed by atoms with Gasteiger partial charge in [0, 0.05) is 32.1 Å². The second kappa shape index (κ2) is 5.55. The highest BCUT2D eigenvalue weighted by Gasteiger charge is 2.40. The van der Waals surface area contributed by atoms with Crippen LogP contribution in [0.4, 0.5) is 5.82 Å². The maximum Gasteiger partial charge on any atom is 0.189 e. The molecule has 19 heavy (non-hydrogen) atoms. The van der Waals surface area contributed by atoms with Crippen LogP contribution in [0.15, 0.2) is 15.8 Å². The van der Waals surface area contributed by atoms with Crippen LogP contribution in [-0.4, -0.2) is 48.3 Å². The van der Waals surface area contributed by atoms with Crippen molar-refractivity contribution in [3.05, 3.63) is 10.7 Å². The van der Waals surface area contributed by atoms with Gasteiger partial charge < -0.3 is 14.4 Å². The van der Waals surface area contributed by atoms with Gasteiger partial charge in [-0.1, -0.05) is 11.8 Å². The number of halogens is 1. The van der Waals surface area contributed by atoms with Gasteiger partial charge in [-0.3, -0.25) is 0 Å². The van der Waals surface area contributed by atoms with E-state index < -0.39 is 0 Å². The first-order chi connectivity index (χ1) is 9.22. The number of hydrogen-bond donors (Lipinski definition) is 0. The molecule has 3 heterocycles. The van der Waals surface area contributed by atoms with Crippen LogP contribution in [0, 0.1) is 0 Å². The van der Waals surface area contributed by atoms with Gasteiger partial charge in [-0.15, -0.1) is 0 Å². The van der Waals surface area contributed by atoms with Crippen LogP contribution in [-0.2, 0) is 9.47 Å². The van der Waals surface area contributed by atoms with Gasteiger partial charge in [-0.05, 0) is 22.2 Å². The molecule has 0 aromatic carbocycles. The number of aromatic nitrogens is 2. The van der Waals surface area contributed by atoms with Crippen LogP contribution in [0.3, 0.4) is 0 Å². The monoisotopic (exact) mass is 345 g/mol. The lowest BCUT2D eigenvalue weighted by Crippen LogP contribution is -2.45. The van der Waals surface area contributed by atoms with Crippen LogP contribution in [0.2, 0.25) is 0 Å². The molecule has 2 aliphatic rings. The normalized spacial score (nSPS) is 22.1. The number of thioether (sulfide) groups is 1. The molecule has 2 aliphatic heterocycles. The number of rotatable bonds is 2. The summed E-state index contributed by atoms with van der Waals surface area (Å²) in [5.41, 5.74) is 0. The predicted octanol–water partition coefficient (Wildman–Crippen LogP) is 2.30. The molecule has 0 bridgehead atoms. The van der Waals surface area contributed by atoms with E-state index in [9.17, 15) is 0 Å². The fraction of sp³-hybridized carbons (Fsp3) is 0.667. The summed E-state index contributed by atoms with van der Waals surface area (Å²) in [6.45, 7) is 3.22. The summed E-state index contributed by atoms with van der Waals surface area (Å²) < 4.78 is 12.4. The summed E-state index contributed by atoms with van der Waals surface area (Å²) in [7, 11) is 0. The Hall–Kier alpha value is -0.370. The van der Waals surface area contributed by atoms with Crippen molar-refractivity contribution < 1.29 is 9.47 Å². The minimum Gasteiger partial charge on any atom is -0.355 e. The number of nitrogens with zero attached hydrogens (tertiary/aromatic N) is 3. The SMILES string of the molecule is CSc1ncc(Br)c(N2CCC3(CC2)OCCO3)n1. The molecule has 7 heteroatoms. The van der Waals surface area contributed by atoms with Crippen LogP contribution >= 0.6 is 27.7 Å². The topological polar surface area (TPSA) is 47.5 Å². The molecule has 0 saturated carbocycles. The number of hydrogen-bond acceptors (Lipinski definition) is 6. The fourth-order valence-electron chi connectivity index (χ4n) is 2.51. The van der Waals surface area contributed by atoms with E-state index in [-0.39, 0.29) is 5.79 Å². The van der Waals surface area contributed by atoms with Crippen LogP contribution in [0.25, 0.3) is 0 Å². The van der Waals surface area contributed by atoms with E-state index in [4.69, 9.17) is 9.47 Å². The average Bonchev–Trinajstić information content (AvgIpc) is 2.89. The Balaban J connectivity index is 1.74. The van der Waals surface area contributed by atoms with Gasteiger partial charge in [0.1, 0.15) is 5.82 Å². The lowest BCUT2D eigenvalue weighted by atomic mass is 10.0. The molecule has 0 amide bonds. The second-order valence-corrected chi connectivity index (χ2v) is 6.25. The zero-order valence-electron chi connectivity index (χ0n) is 10.8. The predicted molar refractivity (Wildman–Crippen MR) is 77.6 cm³/mol. The highest BCUT2D eigenvalue weighted by molar-refractivity contribution is 9.10. The minimum atomic E-state index is -0.335. The van der Waals surface area contributed by atoms with Gasteiger partial charge in [0.25, 0.3) is 0 Å². The van der Waals surface area contributed by atoms with Crippen LogP contribution < -0.4 is 4.90 Å². The molecule has 1 spiro atoms. The Morgan fingerprint density at radius 3 is 2.63 bits per heavy atom. The fourth-order valence-corrected chi connectivity index (χ4v) is 3.29. The third-order valence-corrected chi connectivity index (χ3v) is 4.65. The van der Waals surface area contributed by atoms with Gasteiger partial charge >= 0.3 is 0 Å². The van der Waals surface area contributed by atoms with E-state index in [1.54, 1.807) is 11.8 Å². The lowest BCUT2D eigenvalue weighted by molar-refractivity contribution is -0.169. The van der Waals surface area contributed by atoms with Gasteiger partial charge in [-0.2, -0.15) is 0 Å². The Morgan fingerprint density at radius 2 is 2.00 bits per heavy atom. The van der Waals surface area contributed by atoms with E-state index >= 15 is 0 Å². The maximum absolute atomic E-state index is 5.74.